The first kappa shape index (κ1) is 28.2. The van der Waals surface area contributed by atoms with Gasteiger partial charge in [0.05, 0.1) is 19.6 Å². The van der Waals surface area contributed by atoms with Crippen LogP contribution < -0.4 is 0 Å². The van der Waals surface area contributed by atoms with Crippen molar-refractivity contribution in [2.45, 2.75) is 97.3 Å². The Kier molecular flexibility index (Phi) is 18.6. The monoisotopic (exact) mass is 447 g/mol. The Morgan fingerprint density at radius 1 is 0.828 bits per heavy atom. The number of thiol groups is 1. The molecule has 0 aromatic rings. The molecule has 0 aromatic heterocycles. The summed E-state index contributed by atoms with van der Waals surface area (Å²) in [7, 11) is 1.64. The molecule has 0 aromatic carbocycles. The van der Waals surface area contributed by atoms with Crippen LogP contribution in [0.3, 0.4) is 0 Å². The van der Waals surface area contributed by atoms with Gasteiger partial charge in [0.2, 0.25) is 0 Å². The molecule has 0 rings (SSSR count). The largest absolute Gasteiger partial charge is 0.466 e. The molecule has 0 heterocycles. The van der Waals surface area contributed by atoms with Crippen LogP contribution in [-0.2, 0) is 19.1 Å². The molecule has 0 radical (unpaired) electrons. The maximum Gasteiger partial charge on any atom is 0.316 e. The molecule has 5 nitrogen and oxygen atoms in total. The van der Waals surface area contributed by atoms with E-state index in [2.05, 4.69) is 26.7 Å². The quantitative estimate of drug-likeness (QED) is 0.122. The third kappa shape index (κ3) is 15.7. The van der Waals surface area contributed by atoms with Crippen molar-refractivity contribution in [2.75, 3.05) is 20.3 Å². The Morgan fingerprint density at radius 3 is 1.76 bits per heavy atom. The van der Waals surface area contributed by atoms with Crippen molar-refractivity contribution in [3.63, 3.8) is 0 Å². The van der Waals surface area contributed by atoms with E-state index in [-0.39, 0.29) is 11.4 Å². The minimum atomic E-state index is -0.829. The van der Waals surface area contributed by atoms with Crippen molar-refractivity contribution in [3.05, 3.63) is 0 Å². The number of rotatable bonds is 18. The first-order valence-electron chi connectivity index (χ1n) is 11.2. The maximum atomic E-state index is 12.5. The second kappa shape index (κ2) is 19.2. The van der Waals surface area contributed by atoms with Crippen LogP contribution in [-0.4, -0.2) is 41.5 Å². The summed E-state index contributed by atoms with van der Waals surface area (Å²) in [6, 6.07) is 0. The standard InChI is InChI=1S/C22H41NO4S2/c1-4-6-8-10-12-14-16-26-20(24)18-19(21(28)23(3)29)22(25)27-17-15-13-11-9-7-5-2/h19,29H,4-18H2,1-3H3. The highest BCUT2D eigenvalue weighted by Gasteiger charge is 2.30. The molecule has 0 aliphatic heterocycles. The molecule has 0 aliphatic rings. The van der Waals surface area contributed by atoms with Gasteiger partial charge in [-0.2, -0.15) is 0 Å². The van der Waals surface area contributed by atoms with Gasteiger partial charge in [-0.1, -0.05) is 103 Å². The van der Waals surface area contributed by atoms with Gasteiger partial charge < -0.3 is 13.8 Å². The lowest BCUT2D eigenvalue weighted by Crippen LogP contribution is -2.34. The van der Waals surface area contributed by atoms with Crippen LogP contribution in [0, 0.1) is 5.92 Å². The van der Waals surface area contributed by atoms with E-state index in [9.17, 15) is 9.59 Å². The number of carbonyl (C=O) groups excluding carboxylic acids is 2. The third-order valence-corrected chi connectivity index (χ3v) is 5.68. The second-order valence-electron chi connectivity index (χ2n) is 7.54. The fourth-order valence-corrected chi connectivity index (χ4v) is 3.27. The zero-order valence-corrected chi connectivity index (χ0v) is 20.3. The molecule has 1 unspecified atom stereocenters. The highest BCUT2D eigenvalue weighted by Crippen LogP contribution is 2.15. The Labute approximate surface area is 188 Å². The van der Waals surface area contributed by atoms with E-state index in [1.807, 2.05) is 0 Å². The molecule has 0 amide bonds. The topological polar surface area (TPSA) is 55.8 Å². The fourth-order valence-electron chi connectivity index (χ4n) is 2.95. The van der Waals surface area contributed by atoms with Gasteiger partial charge in [-0.3, -0.25) is 9.59 Å². The Morgan fingerprint density at radius 2 is 1.28 bits per heavy atom. The SMILES string of the molecule is CCCCCCCCOC(=O)CC(C(=O)OCCCCCCCC)C(=S)N(C)S. The van der Waals surface area contributed by atoms with Crippen molar-refractivity contribution in [2.24, 2.45) is 5.92 Å². The van der Waals surface area contributed by atoms with Crippen molar-refractivity contribution in [1.82, 2.24) is 4.31 Å². The molecule has 0 bridgehead atoms. The van der Waals surface area contributed by atoms with Gasteiger partial charge in [-0.15, -0.1) is 0 Å². The number of esters is 2. The summed E-state index contributed by atoms with van der Waals surface area (Å²) in [5.41, 5.74) is 0. The van der Waals surface area contributed by atoms with Crippen molar-refractivity contribution < 1.29 is 19.1 Å². The molecule has 7 heteroatoms. The molecule has 0 spiro atoms. The van der Waals surface area contributed by atoms with Gasteiger partial charge in [-0.25, -0.2) is 0 Å². The van der Waals surface area contributed by atoms with Crippen LogP contribution in [0.15, 0.2) is 0 Å². The van der Waals surface area contributed by atoms with E-state index in [1.54, 1.807) is 7.05 Å². The molecular formula is C22H41NO4S2. The lowest BCUT2D eigenvalue weighted by atomic mass is 10.1. The van der Waals surface area contributed by atoms with Gasteiger partial charge in [0.1, 0.15) is 10.9 Å². The number of nitrogens with zero attached hydrogens (tertiary/aromatic N) is 1. The van der Waals surface area contributed by atoms with E-state index in [4.69, 9.17) is 21.7 Å². The molecule has 1 atom stereocenters. The maximum absolute atomic E-state index is 12.5. The number of thiocarbonyl (C=S) groups is 1. The Bertz CT molecular complexity index is 458. The van der Waals surface area contributed by atoms with E-state index in [1.165, 1.54) is 42.8 Å². The van der Waals surface area contributed by atoms with Crippen LogP contribution in [0.5, 0.6) is 0 Å². The van der Waals surface area contributed by atoms with E-state index >= 15 is 0 Å². The normalized spacial score (nSPS) is 11.7. The predicted molar refractivity (Wildman–Crippen MR) is 126 cm³/mol. The fraction of sp³-hybridized carbons (Fsp3) is 0.864. The minimum Gasteiger partial charge on any atom is -0.466 e. The molecule has 29 heavy (non-hydrogen) atoms. The average Bonchev–Trinajstić information content (AvgIpc) is 2.69. The van der Waals surface area contributed by atoms with Crippen LogP contribution in [0.4, 0.5) is 0 Å². The molecule has 0 N–H and O–H groups in total. The van der Waals surface area contributed by atoms with Crippen LogP contribution in [0.2, 0.25) is 0 Å². The molecular weight excluding hydrogens is 406 g/mol. The summed E-state index contributed by atoms with van der Waals surface area (Å²) in [5.74, 6) is -1.72. The summed E-state index contributed by atoms with van der Waals surface area (Å²) in [4.78, 5) is 24.9. The highest BCUT2D eigenvalue weighted by atomic mass is 32.1. The van der Waals surface area contributed by atoms with Gasteiger partial charge in [0, 0.05) is 7.05 Å². The Balaban J connectivity index is 4.24. The first-order valence-corrected chi connectivity index (χ1v) is 12.0. The van der Waals surface area contributed by atoms with Crippen molar-refractivity contribution in [3.8, 4) is 0 Å². The summed E-state index contributed by atoms with van der Waals surface area (Å²) in [5, 5.41) is 0. The number of unbranched alkanes of at least 4 members (excludes halogenated alkanes) is 10. The lowest BCUT2D eigenvalue weighted by molar-refractivity contribution is -0.153. The Hall–Kier alpha value is -0.820. The van der Waals surface area contributed by atoms with Gasteiger partial charge in [-0.05, 0) is 12.8 Å². The molecule has 0 saturated heterocycles. The van der Waals surface area contributed by atoms with E-state index in [0.29, 0.717) is 13.2 Å². The number of hydrogen-bond donors (Lipinski definition) is 1. The molecule has 170 valence electrons. The molecule has 0 saturated carbocycles. The number of ether oxygens (including phenoxy) is 2. The number of carbonyl (C=O) groups is 2. The second-order valence-corrected chi connectivity index (χ2v) is 8.56. The third-order valence-electron chi connectivity index (χ3n) is 4.78. The zero-order valence-electron chi connectivity index (χ0n) is 18.6. The minimum absolute atomic E-state index is 0.102. The van der Waals surface area contributed by atoms with Gasteiger partial charge in [0.15, 0.2) is 0 Å². The van der Waals surface area contributed by atoms with Gasteiger partial charge in [0.25, 0.3) is 0 Å². The predicted octanol–water partition coefficient (Wildman–Crippen LogP) is 5.90. The van der Waals surface area contributed by atoms with Gasteiger partial charge >= 0.3 is 11.9 Å². The summed E-state index contributed by atoms with van der Waals surface area (Å²) in [6.07, 6.45) is 13.3. The summed E-state index contributed by atoms with van der Waals surface area (Å²) < 4.78 is 12.0. The van der Waals surface area contributed by atoms with Crippen molar-refractivity contribution in [1.29, 1.82) is 0 Å². The van der Waals surface area contributed by atoms with E-state index < -0.39 is 17.9 Å². The van der Waals surface area contributed by atoms with Crippen LogP contribution in [0.1, 0.15) is 97.3 Å². The van der Waals surface area contributed by atoms with Crippen molar-refractivity contribution >= 4 is 42.0 Å². The average molecular weight is 448 g/mol. The van der Waals surface area contributed by atoms with Crippen LogP contribution >= 0.6 is 25.0 Å². The lowest BCUT2D eigenvalue weighted by Gasteiger charge is -2.21. The van der Waals surface area contributed by atoms with Crippen LogP contribution in [0.25, 0.3) is 0 Å². The molecule has 0 fully saturated rings. The number of hydrogen-bond acceptors (Lipinski definition) is 6. The zero-order chi connectivity index (χ0) is 21.9. The summed E-state index contributed by atoms with van der Waals surface area (Å²) in [6.45, 7) is 5.10. The highest BCUT2D eigenvalue weighted by molar-refractivity contribution is 7.84. The smallest absolute Gasteiger partial charge is 0.316 e. The van der Waals surface area contributed by atoms with E-state index in [0.717, 1.165) is 38.5 Å². The molecule has 0 aliphatic carbocycles. The summed E-state index contributed by atoms with van der Waals surface area (Å²) >= 11 is 9.44. The first-order chi connectivity index (χ1) is 13.9.